The Bertz CT molecular complexity index is 1470. The quantitative estimate of drug-likeness (QED) is 0.155. The van der Waals surface area contributed by atoms with Crippen molar-refractivity contribution >= 4 is 17.6 Å². The smallest absolute Gasteiger partial charge is 0.311 e. The monoisotopic (exact) mass is 534 g/mol. The number of amides is 1. The van der Waals surface area contributed by atoms with Crippen molar-refractivity contribution in [3.8, 4) is 11.1 Å². The second-order valence-electron chi connectivity index (χ2n) is 10.1. The number of benzene rings is 3. The van der Waals surface area contributed by atoms with Crippen LogP contribution in [0.1, 0.15) is 40.4 Å². The number of nitrogens with one attached hydrogen (secondary N) is 2. The van der Waals surface area contributed by atoms with Gasteiger partial charge < -0.3 is 15.5 Å². The molecule has 2 N–H and O–H groups in total. The number of hydrogen-bond acceptors (Lipinski definition) is 4. The molecule has 6 heteroatoms. The van der Waals surface area contributed by atoms with E-state index >= 15 is 0 Å². The van der Waals surface area contributed by atoms with Gasteiger partial charge in [0.1, 0.15) is 7.05 Å². The Hall–Kier alpha value is -4.58. The largest absolute Gasteiger partial charge is 0.469 e. The number of methoxy groups -OCH3 is 1. The van der Waals surface area contributed by atoms with Crippen molar-refractivity contribution in [2.24, 2.45) is 13.0 Å². The van der Waals surface area contributed by atoms with Gasteiger partial charge >= 0.3 is 5.97 Å². The van der Waals surface area contributed by atoms with E-state index in [4.69, 9.17) is 10.1 Å². The fourth-order valence-electron chi connectivity index (χ4n) is 4.89. The summed E-state index contributed by atoms with van der Waals surface area (Å²) in [5, 5.41) is 11.2. The third-order valence-corrected chi connectivity index (χ3v) is 7.13. The summed E-state index contributed by atoms with van der Waals surface area (Å²) in [5.74, 6) is -1.20. The van der Waals surface area contributed by atoms with Crippen LogP contribution in [0, 0.1) is 11.3 Å². The summed E-state index contributed by atoms with van der Waals surface area (Å²) in [5.41, 5.74) is 5.91. The lowest BCUT2D eigenvalue weighted by Gasteiger charge is -2.27. The van der Waals surface area contributed by atoms with E-state index in [1.54, 1.807) is 6.92 Å². The van der Waals surface area contributed by atoms with E-state index in [0.29, 0.717) is 30.5 Å². The Morgan fingerprint density at radius 2 is 1.60 bits per heavy atom. The Morgan fingerprint density at radius 3 is 2.27 bits per heavy atom. The molecular weight excluding hydrogens is 498 g/mol. The zero-order valence-electron chi connectivity index (χ0n) is 23.3. The number of aryl methyl sites for hydroxylation is 2. The summed E-state index contributed by atoms with van der Waals surface area (Å²) in [4.78, 5) is 26.6. The Labute approximate surface area is 236 Å². The maximum atomic E-state index is 13.5. The molecule has 6 nitrogen and oxygen atoms in total. The first kappa shape index (κ1) is 28.4. The zero-order valence-corrected chi connectivity index (χ0v) is 23.3. The number of aromatic nitrogens is 1. The van der Waals surface area contributed by atoms with E-state index in [1.165, 1.54) is 7.11 Å². The third-order valence-electron chi connectivity index (χ3n) is 7.13. The van der Waals surface area contributed by atoms with Crippen molar-refractivity contribution in [2.75, 3.05) is 7.11 Å². The maximum absolute atomic E-state index is 13.5. The number of esters is 1. The minimum Gasteiger partial charge on any atom is -0.469 e. The molecule has 4 rings (SSSR count). The van der Waals surface area contributed by atoms with Crippen molar-refractivity contribution in [2.45, 2.75) is 32.2 Å². The molecule has 0 aliphatic heterocycles. The van der Waals surface area contributed by atoms with E-state index in [1.807, 2.05) is 115 Å². The molecule has 1 amide bonds. The van der Waals surface area contributed by atoms with Gasteiger partial charge in [0.15, 0.2) is 12.4 Å². The van der Waals surface area contributed by atoms with Gasteiger partial charge in [-0.25, -0.2) is 4.57 Å². The molecule has 1 unspecified atom stereocenters. The highest BCUT2D eigenvalue weighted by atomic mass is 16.5. The van der Waals surface area contributed by atoms with Crippen LogP contribution in [0.5, 0.6) is 0 Å². The Balaban J connectivity index is 1.59. The normalized spacial score (nSPS) is 12.3. The summed E-state index contributed by atoms with van der Waals surface area (Å²) in [6.45, 7) is 1.74. The van der Waals surface area contributed by atoms with Crippen molar-refractivity contribution in [1.29, 1.82) is 5.41 Å². The number of carbonyl (C=O) groups excluding carboxylic acids is 2. The second kappa shape index (κ2) is 13.5. The molecule has 0 aliphatic rings. The number of pyridine rings is 1. The summed E-state index contributed by atoms with van der Waals surface area (Å²) in [7, 11) is 3.35. The van der Waals surface area contributed by atoms with Crippen LogP contribution in [0.3, 0.4) is 0 Å². The molecule has 4 aromatic rings. The van der Waals surface area contributed by atoms with Gasteiger partial charge in [-0.1, -0.05) is 60.7 Å². The minimum absolute atomic E-state index is 0.235. The number of rotatable bonds is 11. The van der Waals surface area contributed by atoms with Crippen molar-refractivity contribution in [3.05, 3.63) is 126 Å². The number of carbonyl (C=O) groups is 2. The molecular formula is C34H36N3O3+. The van der Waals surface area contributed by atoms with Crippen molar-refractivity contribution in [3.63, 3.8) is 0 Å². The predicted octanol–water partition coefficient (Wildman–Crippen LogP) is 5.33. The Morgan fingerprint density at radius 1 is 0.875 bits per heavy atom. The van der Waals surface area contributed by atoms with Gasteiger partial charge in [0.25, 0.3) is 5.91 Å². The second-order valence-corrected chi connectivity index (χ2v) is 10.1. The van der Waals surface area contributed by atoms with Crippen LogP contribution >= 0.6 is 0 Å². The first-order valence-electron chi connectivity index (χ1n) is 13.5. The van der Waals surface area contributed by atoms with Gasteiger partial charge in [-0.05, 0) is 72.7 Å². The Kier molecular flexibility index (Phi) is 9.57. The van der Waals surface area contributed by atoms with Crippen LogP contribution < -0.4 is 9.88 Å². The molecule has 0 radical (unpaired) electrons. The van der Waals surface area contributed by atoms with Crippen LogP contribution in [0.15, 0.2) is 103 Å². The lowest BCUT2D eigenvalue weighted by molar-refractivity contribution is -0.671. The van der Waals surface area contributed by atoms with Gasteiger partial charge in [0.2, 0.25) is 0 Å². The predicted molar refractivity (Wildman–Crippen MR) is 157 cm³/mol. The minimum atomic E-state index is -0.595. The lowest BCUT2D eigenvalue weighted by atomic mass is 9.87. The van der Waals surface area contributed by atoms with E-state index in [2.05, 4.69) is 5.32 Å². The van der Waals surface area contributed by atoms with Crippen LogP contribution in [0.25, 0.3) is 11.1 Å². The molecule has 40 heavy (non-hydrogen) atoms. The van der Waals surface area contributed by atoms with Crippen LogP contribution in [0.4, 0.5) is 0 Å². The van der Waals surface area contributed by atoms with Gasteiger partial charge in [0.05, 0.1) is 13.0 Å². The molecule has 0 aliphatic carbocycles. The van der Waals surface area contributed by atoms with E-state index in [0.717, 1.165) is 27.8 Å². The van der Waals surface area contributed by atoms with E-state index < -0.39 is 12.0 Å². The van der Waals surface area contributed by atoms with E-state index in [-0.39, 0.29) is 11.9 Å². The summed E-state index contributed by atoms with van der Waals surface area (Å²) >= 11 is 0. The number of hydrogen-bond donors (Lipinski definition) is 2. The third kappa shape index (κ3) is 7.50. The van der Waals surface area contributed by atoms with Gasteiger partial charge in [-0.3, -0.25) is 9.59 Å². The first-order valence-corrected chi connectivity index (χ1v) is 13.5. The van der Waals surface area contributed by atoms with Crippen LogP contribution in [-0.2, 0) is 29.4 Å². The summed E-state index contributed by atoms with van der Waals surface area (Å²) in [6, 6.07) is 28.7. The van der Waals surface area contributed by atoms with Gasteiger partial charge in [-0.2, -0.15) is 0 Å². The van der Waals surface area contributed by atoms with Gasteiger partial charge in [-0.15, -0.1) is 0 Å². The zero-order chi connectivity index (χ0) is 28.5. The first-order chi connectivity index (χ1) is 19.3. The summed E-state index contributed by atoms with van der Waals surface area (Å²) in [6.07, 6.45) is 5.66. The van der Waals surface area contributed by atoms with E-state index in [9.17, 15) is 9.59 Å². The van der Waals surface area contributed by atoms with Gasteiger partial charge in [0, 0.05) is 28.9 Å². The molecule has 0 saturated carbocycles. The molecule has 3 aromatic carbocycles. The average Bonchev–Trinajstić information content (AvgIpc) is 2.98. The molecule has 1 heterocycles. The SMILES string of the molecule is COC(=O)[C@H](Cc1cccc(C(C)=N)c1)C(CCc1ccccc1)NC(=O)c1ccc(-c2ccc[n+](C)c2)cc1. The van der Waals surface area contributed by atoms with Crippen molar-refractivity contribution in [1.82, 2.24) is 5.32 Å². The average molecular weight is 535 g/mol. The van der Waals surface area contributed by atoms with Crippen LogP contribution in [0.2, 0.25) is 0 Å². The number of nitrogens with zero attached hydrogens (tertiary/aromatic N) is 1. The number of ether oxygens (including phenoxy) is 1. The molecule has 2 atom stereocenters. The topological polar surface area (TPSA) is 83.1 Å². The standard InChI is InChI=1S/C34H35N3O3/c1-24(35)29-12-7-11-26(21-29)22-31(34(39)40-3)32(19-14-25-9-5-4-6-10-25)36-33(38)28-17-15-27(16-18-28)30-13-8-20-37(2)23-30/h4-13,15-18,20-21,23,31-32,35H,14,19,22H2,1-3H3/p+1/t31-,32?/m1/s1. The fraction of sp³-hybridized carbons (Fsp3) is 0.235. The highest BCUT2D eigenvalue weighted by Crippen LogP contribution is 2.22. The van der Waals surface area contributed by atoms with Crippen LogP contribution in [-0.4, -0.2) is 30.7 Å². The van der Waals surface area contributed by atoms with Crippen molar-refractivity contribution < 1.29 is 18.9 Å². The lowest BCUT2D eigenvalue weighted by Crippen LogP contribution is -2.45. The highest BCUT2D eigenvalue weighted by molar-refractivity contribution is 5.96. The molecule has 1 aromatic heterocycles. The maximum Gasteiger partial charge on any atom is 0.311 e. The molecule has 0 saturated heterocycles. The fourth-order valence-corrected chi connectivity index (χ4v) is 4.89. The molecule has 0 bridgehead atoms. The molecule has 0 fully saturated rings. The molecule has 0 spiro atoms. The summed E-state index contributed by atoms with van der Waals surface area (Å²) < 4.78 is 7.21. The highest BCUT2D eigenvalue weighted by Gasteiger charge is 2.31. The molecule has 204 valence electrons.